The van der Waals surface area contributed by atoms with Crippen molar-refractivity contribution in [1.82, 2.24) is 9.55 Å². The van der Waals surface area contributed by atoms with E-state index in [1.807, 2.05) is 0 Å². The van der Waals surface area contributed by atoms with E-state index in [1.165, 1.54) is 29.1 Å². The summed E-state index contributed by atoms with van der Waals surface area (Å²) in [5, 5.41) is 12.0. The normalized spacial score (nSPS) is 10.9. The van der Waals surface area contributed by atoms with Gasteiger partial charge in [0.2, 0.25) is 0 Å². The minimum Gasteiger partial charge on any atom is -0.294 e. The lowest BCUT2D eigenvalue weighted by atomic mass is 10.2. The Labute approximate surface area is 140 Å². The maximum absolute atomic E-state index is 12.5. The van der Waals surface area contributed by atoms with Crippen molar-refractivity contribution in [3.05, 3.63) is 78.8 Å². The standard InChI is InChI=1S/C15H9Cl2N3O3/c16-10-2-1-9(13(17)5-10)7-19-8-18-14-6-11(20(22)23)3-4-12(14)15(19)21/h1-6,8H,7H2. The van der Waals surface area contributed by atoms with Crippen LogP contribution in [0.15, 0.2) is 47.5 Å². The Balaban J connectivity index is 2.05. The fourth-order valence-corrected chi connectivity index (χ4v) is 2.67. The van der Waals surface area contributed by atoms with Crippen LogP contribution < -0.4 is 5.56 Å². The molecular weight excluding hydrogens is 341 g/mol. The molecule has 0 atom stereocenters. The molecule has 0 aliphatic heterocycles. The van der Waals surface area contributed by atoms with E-state index in [9.17, 15) is 14.9 Å². The van der Waals surface area contributed by atoms with E-state index < -0.39 is 4.92 Å². The molecule has 0 fully saturated rings. The molecule has 0 aliphatic carbocycles. The molecule has 3 aromatic rings. The van der Waals surface area contributed by atoms with Crippen molar-refractivity contribution in [3.63, 3.8) is 0 Å². The third-order valence-electron chi connectivity index (χ3n) is 3.38. The predicted octanol–water partition coefficient (Wildman–Crippen LogP) is 3.66. The third kappa shape index (κ3) is 3.04. The molecule has 0 radical (unpaired) electrons. The molecule has 6 nitrogen and oxygen atoms in total. The number of hydrogen-bond acceptors (Lipinski definition) is 4. The van der Waals surface area contributed by atoms with Gasteiger partial charge in [-0.15, -0.1) is 0 Å². The molecule has 116 valence electrons. The van der Waals surface area contributed by atoms with Gasteiger partial charge in [-0.1, -0.05) is 29.3 Å². The van der Waals surface area contributed by atoms with Crippen molar-refractivity contribution in [3.8, 4) is 0 Å². The molecule has 0 aliphatic rings. The zero-order valence-electron chi connectivity index (χ0n) is 11.6. The molecule has 2 aromatic carbocycles. The average molecular weight is 350 g/mol. The van der Waals surface area contributed by atoms with Crippen molar-refractivity contribution in [2.45, 2.75) is 6.54 Å². The maximum Gasteiger partial charge on any atom is 0.271 e. The van der Waals surface area contributed by atoms with E-state index >= 15 is 0 Å². The summed E-state index contributed by atoms with van der Waals surface area (Å²) in [4.78, 5) is 26.8. The molecule has 0 N–H and O–H groups in total. The Morgan fingerprint density at radius 2 is 1.96 bits per heavy atom. The van der Waals surface area contributed by atoms with Crippen LogP contribution >= 0.6 is 23.2 Å². The highest BCUT2D eigenvalue weighted by Gasteiger charge is 2.11. The summed E-state index contributed by atoms with van der Waals surface area (Å²) < 4.78 is 1.39. The lowest BCUT2D eigenvalue weighted by molar-refractivity contribution is -0.384. The summed E-state index contributed by atoms with van der Waals surface area (Å²) in [7, 11) is 0. The number of nitro groups is 1. The molecule has 0 spiro atoms. The molecule has 0 bridgehead atoms. The summed E-state index contributed by atoms with van der Waals surface area (Å²) in [6.07, 6.45) is 1.35. The summed E-state index contributed by atoms with van der Waals surface area (Å²) in [6.45, 7) is 0.231. The molecule has 0 amide bonds. The van der Waals surface area contributed by atoms with Crippen molar-refractivity contribution in [1.29, 1.82) is 0 Å². The van der Waals surface area contributed by atoms with Gasteiger partial charge < -0.3 is 0 Å². The van der Waals surface area contributed by atoms with Gasteiger partial charge in [-0.25, -0.2) is 4.98 Å². The fraction of sp³-hybridized carbons (Fsp3) is 0.0667. The van der Waals surface area contributed by atoms with Crippen LogP contribution in [-0.4, -0.2) is 14.5 Å². The number of aromatic nitrogens is 2. The molecule has 3 rings (SSSR count). The van der Waals surface area contributed by atoms with Gasteiger partial charge in [0.15, 0.2) is 0 Å². The monoisotopic (exact) mass is 349 g/mol. The molecule has 23 heavy (non-hydrogen) atoms. The van der Waals surface area contributed by atoms with Gasteiger partial charge in [0, 0.05) is 22.2 Å². The minimum absolute atomic E-state index is 0.108. The molecular formula is C15H9Cl2N3O3. The third-order valence-corrected chi connectivity index (χ3v) is 3.96. The minimum atomic E-state index is -0.528. The Hall–Kier alpha value is -2.44. The van der Waals surface area contributed by atoms with Gasteiger partial charge in [-0.3, -0.25) is 19.5 Å². The predicted molar refractivity (Wildman–Crippen MR) is 88.2 cm³/mol. The molecule has 1 heterocycles. The van der Waals surface area contributed by atoms with Gasteiger partial charge >= 0.3 is 0 Å². The number of nitrogens with zero attached hydrogens (tertiary/aromatic N) is 3. The van der Waals surface area contributed by atoms with E-state index in [0.717, 1.165) is 5.56 Å². The van der Waals surface area contributed by atoms with Crippen LogP contribution in [0.3, 0.4) is 0 Å². The molecule has 0 saturated heterocycles. The van der Waals surface area contributed by atoms with E-state index in [2.05, 4.69) is 4.98 Å². The van der Waals surface area contributed by atoms with Crippen LogP contribution in [0, 0.1) is 10.1 Å². The summed E-state index contributed by atoms with van der Waals surface area (Å²) in [5.74, 6) is 0. The van der Waals surface area contributed by atoms with E-state index in [1.54, 1.807) is 18.2 Å². The lowest BCUT2D eigenvalue weighted by Gasteiger charge is -2.08. The van der Waals surface area contributed by atoms with Crippen molar-refractivity contribution in [2.75, 3.05) is 0 Å². The number of benzene rings is 2. The van der Waals surface area contributed by atoms with Crippen LogP contribution in [-0.2, 0) is 6.54 Å². The lowest BCUT2D eigenvalue weighted by Crippen LogP contribution is -2.21. The number of hydrogen-bond donors (Lipinski definition) is 0. The molecule has 0 saturated carbocycles. The summed E-state index contributed by atoms with van der Waals surface area (Å²) >= 11 is 12.0. The highest BCUT2D eigenvalue weighted by Crippen LogP contribution is 2.22. The highest BCUT2D eigenvalue weighted by molar-refractivity contribution is 6.35. The van der Waals surface area contributed by atoms with Crippen LogP contribution in [0.2, 0.25) is 10.0 Å². The summed E-state index contributed by atoms with van der Waals surface area (Å²) in [5.41, 5.74) is 0.600. The van der Waals surface area contributed by atoms with Crippen LogP contribution in [0.25, 0.3) is 10.9 Å². The van der Waals surface area contributed by atoms with E-state index in [-0.39, 0.29) is 23.3 Å². The Morgan fingerprint density at radius 1 is 1.17 bits per heavy atom. The number of non-ortho nitro benzene ring substituents is 1. The second-order valence-electron chi connectivity index (χ2n) is 4.87. The number of nitro benzene ring substituents is 1. The molecule has 8 heteroatoms. The largest absolute Gasteiger partial charge is 0.294 e. The first kappa shape index (κ1) is 15.5. The van der Waals surface area contributed by atoms with Crippen molar-refractivity contribution in [2.24, 2.45) is 0 Å². The number of fused-ring (bicyclic) bond motifs is 1. The highest BCUT2D eigenvalue weighted by atomic mass is 35.5. The topological polar surface area (TPSA) is 78.0 Å². The average Bonchev–Trinajstić information content (AvgIpc) is 2.52. The quantitative estimate of drug-likeness (QED) is 0.533. The van der Waals surface area contributed by atoms with Crippen LogP contribution in [0.5, 0.6) is 0 Å². The van der Waals surface area contributed by atoms with E-state index in [4.69, 9.17) is 23.2 Å². The second kappa shape index (κ2) is 5.98. The van der Waals surface area contributed by atoms with Crippen LogP contribution in [0.1, 0.15) is 5.56 Å². The molecule has 1 aromatic heterocycles. The van der Waals surface area contributed by atoms with Crippen molar-refractivity contribution < 1.29 is 4.92 Å². The van der Waals surface area contributed by atoms with E-state index in [0.29, 0.717) is 15.4 Å². The first-order chi connectivity index (χ1) is 11.0. The van der Waals surface area contributed by atoms with Gasteiger partial charge in [-0.2, -0.15) is 0 Å². The van der Waals surface area contributed by atoms with Gasteiger partial charge in [0.1, 0.15) is 0 Å². The van der Waals surface area contributed by atoms with Crippen molar-refractivity contribution >= 4 is 39.8 Å². The Morgan fingerprint density at radius 3 is 2.65 bits per heavy atom. The summed E-state index contributed by atoms with van der Waals surface area (Å²) in [6, 6.07) is 8.98. The first-order valence-electron chi connectivity index (χ1n) is 6.53. The van der Waals surface area contributed by atoms with Gasteiger partial charge in [-0.05, 0) is 23.8 Å². The number of halogens is 2. The Kier molecular flexibility index (Phi) is 4.02. The smallest absolute Gasteiger partial charge is 0.271 e. The Bertz CT molecular complexity index is 985. The zero-order chi connectivity index (χ0) is 16.6. The zero-order valence-corrected chi connectivity index (χ0v) is 13.1. The van der Waals surface area contributed by atoms with Crippen LogP contribution in [0.4, 0.5) is 5.69 Å². The second-order valence-corrected chi connectivity index (χ2v) is 5.72. The van der Waals surface area contributed by atoms with Gasteiger partial charge in [0.25, 0.3) is 11.2 Å². The first-order valence-corrected chi connectivity index (χ1v) is 7.29. The SMILES string of the molecule is O=c1c2ccc([N+](=O)[O-])cc2ncn1Cc1ccc(Cl)cc1Cl. The number of rotatable bonds is 3. The fourth-order valence-electron chi connectivity index (χ4n) is 2.21. The van der Waals surface area contributed by atoms with Gasteiger partial charge in [0.05, 0.1) is 28.7 Å². The molecule has 0 unspecified atom stereocenters. The maximum atomic E-state index is 12.5.